The molecule has 24 heavy (non-hydrogen) atoms. The molecule has 2 heterocycles. The van der Waals surface area contributed by atoms with Crippen LogP contribution in [0.15, 0.2) is 57.5 Å². The molecule has 1 aromatic carbocycles. The number of hydrogen-bond acceptors (Lipinski definition) is 7. The molecule has 0 amide bonds. The largest absolute Gasteiger partial charge is 0.504 e. The Labute approximate surface area is 153 Å². The van der Waals surface area contributed by atoms with Gasteiger partial charge in [-0.25, -0.2) is 4.83 Å². The van der Waals surface area contributed by atoms with E-state index in [4.69, 9.17) is 4.74 Å². The van der Waals surface area contributed by atoms with E-state index < -0.39 is 0 Å². The Morgan fingerprint density at radius 2 is 2.42 bits per heavy atom. The van der Waals surface area contributed by atoms with Gasteiger partial charge in [0.05, 0.1) is 24.9 Å². The number of phenolic OH excluding ortho intramolecular Hbond substituents is 1. The van der Waals surface area contributed by atoms with Crippen LogP contribution >= 0.6 is 28.1 Å². The van der Waals surface area contributed by atoms with Crippen molar-refractivity contribution in [3.05, 3.63) is 58.0 Å². The average molecular weight is 409 g/mol. The molecule has 0 saturated carbocycles. The second-order valence-corrected chi connectivity index (χ2v) is 6.67. The van der Waals surface area contributed by atoms with Gasteiger partial charge in [-0.05, 0) is 35.5 Å². The summed E-state index contributed by atoms with van der Waals surface area (Å²) < 4.78 is 7.96. The molecule has 0 atom stereocenters. The molecule has 0 bridgehead atoms. The van der Waals surface area contributed by atoms with E-state index in [0.717, 1.165) is 16.6 Å². The zero-order valence-electron chi connectivity index (χ0n) is 13.0. The Balaban J connectivity index is 1.44. The zero-order chi connectivity index (χ0) is 16.9. The molecule has 0 fully saturated rings. The van der Waals surface area contributed by atoms with E-state index in [1.165, 1.54) is 30.5 Å². The third kappa shape index (κ3) is 4.07. The van der Waals surface area contributed by atoms with Crippen LogP contribution in [0, 0.1) is 0 Å². The van der Waals surface area contributed by atoms with E-state index in [-0.39, 0.29) is 5.75 Å². The summed E-state index contributed by atoms with van der Waals surface area (Å²) >= 11 is 4.84. The lowest BCUT2D eigenvalue weighted by Crippen LogP contribution is -2.09. The van der Waals surface area contributed by atoms with Crippen LogP contribution in [0.5, 0.6) is 11.5 Å². The molecule has 8 heteroatoms. The number of allylic oxidation sites excluding steroid dienone is 1. The lowest BCUT2D eigenvalue weighted by Gasteiger charge is -2.08. The fourth-order valence-electron chi connectivity index (χ4n) is 2.16. The predicted octanol–water partition coefficient (Wildman–Crippen LogP) is 3.04. The smallest absolute Gasteiger partial charge is 0.160 e. The second kappa shape index (κ2) is 7.67. The van der Waals surface area contributed by atoms with E-state index in [1.54, 1.807) is 18.3 Å². The molecule has 6 nitrogen and oxygen atoms in total. The van der Waals surface area contributed by atoms with Crippen molar-refractivity contribution in [2.75, 3.05) is 13.7 Å². The molecular weight excluding hydrogens is 392 g/mol. The molecule has 126 valence electrons. The first-order valence-corrected chi connectivity index (χ1v) is 8.86. The number of nitrogens with one attached hydrogen (secondary N) is 2. The number of dihydropyridines is 1. The van der Waals surface area contributed by atoms with Crippen molar-refractivity contribution in [2.45, 2.75) is 6.42 Å². The second-order valence-electron chi connectivity index (χ2n) is 5.06. The van der Waals surface area contributed by atoms with Crippen LogP contribution in [0.1, 0.15) is 5.56 Å². The minimum Gasteiger partial charge on any atom is -0.504 e. The summed E-state index contributed by atoms with van der Waals surface area (Å²) in [6.07, 6.45) is 10.6. The van der Waals surface area contributed by atoms with Crippen LogP contribution < -0.4 is 14.9 Å². The number of benzene rings is 1. The topological polar surface area (TPSA) is 68.9 Å². The van der Waals surface area contributed by atoms with Gasteiger partial charge >= 0.3 is 0 Å². The summed E-state index contributed by atoms with van der Waals surface area (Å²) in [6, 6.07) is 3.41. The van der Waals surface area contributed by atoms with Gasteiger partial charge in [-0.2, -0.15) is 5.10 Å². The molecule has 2 aliphatic rings. The SMILES string of the molecule is COc1cc(C/C=N/NSN2C=C2C2=CCNC=C2)c(Br)cc1O. The molecule has 0 unspecified atom stereocenters. The Hall–Kier alpha value is -2.06. The Morgan fingerprint density at radius 1 is 1.54 bits per heavy atom. The van der Waals surface area contributed by atoms with Gasteiger partial charge < -0.3 is 15.2 Å². The van der Waals surface area contributed by atoms with Crippen LogP contribution in [-0.2, 0) is 6.42 Å². The van der Waals surface area contributed by atoms with Gasteiger partial charge in [-0.3, -0.25) is 4.31 Å². The van der Waals surface area contributed by atoms with Gasteiger partial charge in [-0.1, -0.05) is 22.0 Å². The molecule has 0 saturated heterocycles. The maximum atomic E-state index is 9.70. The Morgan fingerprint density at radius 3 is 3.17 bits per heavy atom. The van der Waals surface area contributed by atoms with Crippen molar-refractivity contribution < 1.29 is 9.84 Å². The van der Waals surface area contributed by atoms with Crippen molar-refractivity contribution in [3.63, 3.8) is 0 Å². The molecule has 0 radical (unpaired) electrons. The number of hydrazone groups is 1. The third-order valence-corrected chi connectivity index (χ3v) is 4.89. The van der Waals surface area contributed by atoms with Crippen molar-refractivity contribution in [1.29, 1.82) is 0 Å². The van der Waals surface area contributed by atoms with E-state index >= 15 is 0 Å². The first kappa shape index (κ1) is 16.8. The molecule has 0 aromatic heterocycles. The number of nitrogens with zero attached hydrogens (tertiary/aromatic N) is 2. The fraction of sp³-hybridized carbons (Fsp3) is 0.188. The molecule has 3 N–H and O–H groups in total. The van der Waals surface area contributed by atoms with Crippen LogP contribution in [0.3, 0.4) is 0 Å². The third-order valence-electron chi connectivity index (χ3n) is 3.47. The maximum Gasteiger partial charge on any atom is 0.160 e. The minimum atomic E-state index is 0.111. The highest BCUT2D eigenvalue weighted by Gasteiger charge is 2.24. The summed E-state index contributed by atoms with van der Waals surface area (Å²) in [5, 5.41) is 17.0. The van der Waals surface area contributed by atoms with E-state index in [1.807, 2.05) is 10.5 Å². The van der Waals surface area contributed by atoms with Crippen molar-refractivity contribution in [3.8, 4) is 11.5 Å². The Kier molecular flexibility index (Phi) is 5.37. The van der Waals surface area contributed by atoms with Crippen LogP contribution in [-0.4, -0.2) is 29.3 Å². The van der Waals surface area contributed by atoms with Crippen LogP contribution in [0.4, 0.5) is 0 Å². The van der Waals surface area contributed by atoms with Gasteiger partial charge in [-0.15, -0.1) is 0 Å². The van der Waals surface area contributed by atoms with E-state index in [2.05, 4.69) is 49.5 Å². The fourth-order valence-corrected chi connectivity index (χ4v) is 3.22. The highest BCUT2D eigenvalue weighted by Crippen LogP contribution is 2.35. The highest BCUT2D eigenvalue weighted by atomic mass is 79.9. The first-order chi connectivity index (χ1) is 11.7. The molecule has 0 spiro atoms. The van der Waals surface area contributed by atoms with Crippen molar-refractivity contribution in [2.24, 2.45) is 5.10 Å². The summed E-state index contributed by atoms with van der Waals surface area (Å²) in [5.74, 6) is 0.560. The minimum absolute atomic E-state index is 0.111. The van der Waals surface area contributed by atoms with Gasteiger partial charge in [0.15, 0.2) is 11.5 Å². The van der Waals surface area contributed by atoms with Gasteiger partial charge in [0.25, 0.3) is 0 Å². The standard InChI is InChI=1S/C16H17BrN4O2S/c1-23-16-8-12(13(17)9-15(16)22)4-7-19-20-24-21-10-14(21)11-2-5-18-6-3-11/h2-3,5,7-10,18,20,22H,4,6H2,1H3/b19-7+. The van der Waals surface area contributed by atoms with Crippen molar-refractivity contribution in [1.82, 2.24) is 14.5 Å². The first-order valence-electron chi connectivity index (χ1n) is 7.29. The number of phenols is 1. The number of ether oxygens (including phenoxy) is 1. The maximum absolute atomic E-state index is 9.70. The van der Waals surface area contributed by atoms with E-state index in [0.29, 0.717) is 12.2 Å². The lowest BCUT2D eigenvalue weighted by atomic mass is 10.1. The number of halogens is 1. The van der Waals surface area contributed by atoms with Gasteiger partial charge in [0.1, 0.15) is 0 Å². The monoisotopic (exact) mass is 408 g/mol. The summed E-state index contributed by atoms with van der Waals surface area (Å²) in [5.41, 5.74) is 3.38. The number of rotatable bonds is 7. The average Bonchev–Trinajstić information content (AvgIpc) is 3.37. The summed E-state index contributed by atoms with van der Waals surface area (Å²) in [4.78, 5) is 2.94. The number of hydrogen-bond donors (Lipinski definition) is 3. The van der Waals surface area contributed by atoms with Crippen LogP contribution in [0.25, 0.3) is 0 Å². The Bertz CT molecular complexity index is 746. The van der Waals surface area contributed by atoms with E-state index in [9.17, 15) is 5.11 Å². The normalized spacial score (nSPS) is 15.8. The molecule has 2 aliphatic heterocycles. The quantitative estimate of drug-likeness (QED) is 0.366. The van der Waals surface area contributed by atoms with Crippen molar-refractivity contribution >= 4 is 34.3 Å². The molecular formula is C16H17BrN4O2S. The number of methoxy groups -OCH3 is 1. The lowest BCUT2D eigenvalue weighted by molar-refractivity contribution is 0.373. The zero-order valence-corrected chi connectivity index (χ0v) is 15.4. The number of aromatic hydroxyl groups is 1. The summed E-state index contributed by atoms with van der Waals surface area (Å²) in [7, 11) is 1.53. The molecule has 0 aliphatic carbocycles. The summed E-state index contributed by atoms with van der Waals surface area (Å²) in [6.45, 7) is 0.859. The van der Waals surface area contributed by atoms with Gasteiger partial charge in [0, 0.05) is 29.9 Å². The molecule has 1 aromatic rings. The highest BCUT2D eigenvalue weighted by molar-refractivity contribution is 9.10. The predicted molar refractivity (Wildman–Crippen MR) is 100 cm³/mol. The van der Waals surface area contributed by atoms with Gasteiger partial charge in [0.2, 0.25) is 0 Å². The van der Waals surface area contributed by atoms with Crippen LogP contribution in [0.2, 0.25) is 0 Å². The molecule has 3 rings (SSSR count).